The predicted molar refractivity (Wildman–Crippen MR) is 82.9 cm³/mol. The van der Waals surface area contributed by atoms with E-state index in [2.05, 4.69) is 60.7 Å². The van der Waals surface area contributed by atoms with Crippen LogP contribution in [0.15, 0.2) is 60.7 Å². The molecule has 0 saturated carbocycles. The zero-order valence-corrected chi connectivity index (χ0v) is 11.9. The van der Waals surface area contributed by atoms with Gasteiger partial charge in [0.15, 0.2) is 0 Å². The van der Waals surface area contributed by atoms with Crippen molar-refractivity contribution < 1.29 is 4.74 Å². The molecule has 0 aromatic heterocycles. The molecule has 0 amide bonds. The van der Waals surface area contributed by atoms with Crippen molar-refractivity contribution in [3.05, 3.63) is 71.8 Å². The van der Waals surface area contributed by atoms with E-state index in [9.17, 15) is 0 Å². The van der Waals surface area contributed by atoms with Crippen LogP contribution in [0.25, 0.3) is 0 Å². The fourth-order valence-corrected chi connectivity index (χ4v) is 3.24. The van der Waals surface area contributed by atoms with Gasteiger partial charge in [-0.15, -0.1) is 0 Å². The van der Waals surface area contributed by atoms with Crippen LogP contribution in [0.1, 0.15) is 30.4 Å². The maximum atomic E-state index is 5.72. The van der Waals surface area contributed by atoms with Gasteiger partial charge in [-0.1, -0.05) is 60.7 Å². The highest BCUT2D eigenvalue weighted by Gasteiger charge is 2.35. The highest BCUT2D eigenvalue weighted by Crippen LogP contribution is 2.37. The van der Waals surface area contributed by atoms with E-state index in [0.717, 1.165) is 26.1 Å². The zero-order valence-electron chi connectivity index (χ0n) is 11.9. The van der Waals surface area contributed by atoms with Crippen molar-refractivity contribution in [3.63, 3.8) is 0 Å². The van der Waals surface area contributed by atoms with Gasteiger partial charge in [-0.2, -0.15) is 0 Å². The quantitative estimate of drug-likeness (QED) is 0.781. The van der Waals surface area contributed by atoms with Crippen LogP contribution in [0.2, 0.25) is 0 Å². The summed E-state index contributed by atoms with van der Waals surface area (Å²) < 4.78 is 5.72. The number of aryl methyl sites for hydroxylation is 1. The summed E-state index contributed by atoms with van der Waals surface area (Å²) in [6.07, 6.45) is 4.76. The molecule has 1 heterocycles. The van der Waals surface area contributed by atoms with Crippen LogP contribution in [0, 0.1) is 0 Å². The highest BCUT2D eigenvalue weighted by molar-refractivity contribution is 5.26. The van der Waals surface area contributed by atoms with Crippen molar-refractivity contribution in [3.8, 4) is 0 Å². The lowest BCUT2D eigenvalue weighted by atomic mass is 9.75. The zero-order chi connectivity index (χ0) is 13.7. The highest BCUT2D eigenvalue weighted by atomic mass is 16.5. The summed E-state index contributed by atoms with van der Waals surface area (Å²) in [7, 11) is 0. The minimum atomic E-state index is 0.246. The van der Waals surface area contributed by atoms with Crippen molar-refractivity contribution in [2.24, 2.45) is 0 Å². The van der Waals surface area contributed by atoms with Gasteiger partial charge in [0.25, 0.3) is 0 Å². The molecule has 1 fully saturated rings. The number of ether oxygens (including phenoxy) is 1. The third-order valence-electron chi connectivity index (χ3n) is 4.45. The normalized spacial score (nSPS) is 22.0. The summed E-state index contributed by atoms with van der Waals surface area (Å²) in [6, 6.07) is 21.7. The van der Waals surface area contributed by atoms with E-state index in [0.29, 0.717) is 0 Å². The molecule has 0 radical (unpaired) electrons. The Bertz CT molecular complexity index is 512. The van der Waals surface area contributed by atoms with Crippen LogP contribution < -0.4 is 0 Å². The summed E-state index contributed by atoms with van der Waals surface area (Å²) in [5.41, 5.74) is 3.14. The lowest BCUT2D eigenvalue weighted by Gasteiger charge is -2.28. The van der Waals surface area contributed by atoms with Crippen molar-refractivity contribution in [1.29, 1.82) is 0 Å². The lowest BCUT2D eigenvalue weighted by molar-refractivity contribution is 0.173. The van der Waals surface area contributed by atoms with Crippen molar-refractivity contribution in [2.75, 3.05) is 13.2 Å². The van der Waals surface area contributed by atoms with Gasteiger partial charge in [0, 0.05) is 12.0 Å². The third kappa shape index (κ3) is 2.94. The summed E-state index contributed by atoms with van der Waals surface area (Å²) >= 11 is 0. The Kier molecular flexibility index (Phi) is 4.17. The smallest absolute Gasteiger partial charge is 0.0563 e. The van der Waals surface area contributed by atoms with Gasteiger partial charge in [0.1, 0.15) is 0 Å². The van der Waals surface area contributed by atoms with E-state index in [-0.39, 0.29) is 5.41 Å². The maximum absolute atomic E-state index is 5.72. The van der Waals surface area contributed by atoms with Gasteiger partial charge >= 0.3 is 0 Å². The molecule has 0 spiro atoms. The fraction of sp³-hybridized carbons (Fsp3) is 0.368. The van der Waals surface area contributed by atoms with E-state index in [1.54, 1.807) is 0 Å². The van der Waals surface area contributed by atoms with Gasteiger partial charge < -0.3 is 4.74 Å². The van der Waals surface area contributed by atoms with E-state index in [4.69, 9.17) is 4.74 Å². The molecule has 0 bridgehead atoms. The SMILES string of the molecule is c1ccc(CCCC2(c3ccccc3)CCOC2)cc1. The molecule has 1 saturated heterocycles. The van der Waals surface area contributed by atoms with Crippen molar-refractivity contribution in [1.82, 2.24) is 0 Å². The molecule has 1 nitrogen and oxygen atoms in total. The van der Waals surface area contributed by atoms with E-state index in [1.807, 2.05) is 0 Å². The second kappa shape index (κ2) is 6.23. The van der Waals surface area contributed by atoms with Gasteiger partial charge in [-0.05, 0) is 36.8 Å². The van der Waals surface area contributed by atoms with Crippen LogP contribution >= 0.6 is 0 Å². The monoisotopic (exact) mass is 266 g/mol. The summed E-state index contributed by atoms with van der Waals surface area (Å²) in [4.78, 5) is 0. The Morgan fingerprint density at radius 1 is 0.900 bits per heavy atom. The van der Waals surface area contributed by atoms with E-state index < -0.39 is 0 Å². The Labute approximate surface area is 121 Å². The van der Waals surface area contributed by atoms with Crippen LogP contribution in [0.3, 0.4) is 0 Å². The van der Waals surface area contributed by atoms with Crippen LogP contribution in [0.4, 0.5) is 0 Å². The van der Waals surface area contributed by atoms with Gasteiger partial charge in [-0.25, -0.2) is 0 Å². The Morgan fingerprint density at radius 3 is 2.25 bits per heavy atom. The molecule has 1 aliphatic heterocycles. The molecule has 2 aromatic rings. The lowest BCUT2D eigenvalue weighted by Crippen LogP contribution is -2.26. The molecule has 1 unspecified atom stereocenters. The number of benzene rings is 2. The average molecular weight is 266 g/mol. The van der Waals surface area contributed by atoms with Gasteiger partial charge in [-0.3, -0.25) is 0 Å². The molecular weight excluding hydrogens is 244 g/mol. The Hall–Kier alpha value is -1.60. The Balaban J connectivity index is 1.66. The molecule has 104 valence electrons. The minimum Gasteiger partial charge on any atom is -0.380 e. The van der Waals surface area contributed by atoms with Gasteiger partial charge in [0.05, 0.1) is 6.61 Å². The molecule has 2 aromatic carbocycles. The van der Waals surface area contributed by atoms with Crippen molar-refractivity contribution in [2.45, 2.75) is 31.1 Å². The summed E-state index contributed by atoms with van der Waals surface area (Å²) in [5.74, 6) is 0. The summed E-state index contributed by atoms with van der Waals surface area (Å²) in [5, 5.41) is 0. The van der Waals surface area contributed by atoms with Crippen LogP contribution in [-0.2, 0) is 16.6 Å². The maximum Gasteiger partial charge on any atom is 0.0563 e. The molecule has 1 heteroatoms. The molecule has 3 rings (SSSR count). The molecule has 0 aliphatic carbocycles. The molecule has 20 heavy (non-hydrogen) atoms. The first-order valence-corrected chi connectivity index (χ1v) is 7.56. The molecule has 1 aliphatic rings. The predicted octanol–water partition coefficient (Wildman–Crippen LogP) is 4.37. The van der Waals surface area contributed by atoms with Gasteiger partial charge in [0.2, 0.25) is 0 Å². The molecular formula is C19H22O. The van der Waals surface area contributed by atoms with Crippen LogP contribution in [0.5, 0.6) is 0 Å². The molecule has 0 N–H and O–H groups in total. The number of hydrogen-bond donors (Lipinski definition) is 0. The first kappa shape index (κ1) is 13.4. The van der Waals surface area contributed by atoms with Crippen molar-refractivity contribution >= 4 is 0 Å². The van der Waals surface area contributed by atoms with E-state index >= 15 is 0 Å². The van der Waals surface area contributed by atoms with E-state index in [1.165, 1.54) is 24.0 Å². The average Bonchev–Trinajstić information content (AvgIpc) is 2.99. The fourth-order valence-electron chi connectivity index (χ4n) is 3.24. The third-order valence-corrected chi connectivity index (χ3v) is 4.45. The second-order valence-corrected chi connectivity index (χ2v) is 5.79. The number of rotatable bonds is 5. The second-order valence-electron chi connectivity index (χ2n) is 5.79. The largest absolute Gasteiger partial charge is 0.380 e. The summed E-state index contributed by atoms with van der Waals surface area (Å²) in [6.45, 7) is 1.78. The Morgan fingerprint density at radius 2 is 1.60 bits per heavy atom. The standard InChI is InChI=1S/C19H22O/c1-3-8-17(9-4-1)10-7-13-19(14-15-20-16-19)18-11-5-2-6-12-18/h1-6,8-9,11-12H,7,10,13-16H2. The first-order chi connectivity index (χ1) is 9.89. The topological polar surface area (TPSA) is 9.23 Å². The minimum absolute atomic E-state index is 0.246. The number of hydrogen-bond acceptors (Lipinski definition) is 1. The van der Waals surface area contributed by atoms with Crippen LogP contribution in [-0.4, -0.2) is 13.2 Å². The first-order valence-electron chi connectivity index (χ1n) is 7.56. The molecule has 1 atom stereocenters.